The summed E-state index contributed by atoms with van der Waals surface area (Å²) in [6.07, 6.45) is 0. The van der Waals surface area contributed by atoms with Gasteiger partial charge in [-0.25, -0.2) is 0 Å². The van der Waals surface area contributed by atoms with E-state index in [1.54, 1.807) is 49.4 Å². The normalized spacial score (nSPS) is 18.1. The fourth-order valence-corrected chi connectivity index (χ4v) is 4.13. The predicted octanol–water partition coefficient (Wildman–Crippen LogP) is 5.37. The molecule has 1 amide bonds. The van der Waals surface area contributed by atoms with Crippen molar-refractivity contribution >= 4 is 33.9 Å². The van der Waals surface area contributed by atoms with Gasteiger partial charge in [0.1, 0.15) is 23.3 Å². The molecule has 1 aromatic heterocycles. The van der Waals surface area contributed by atoms with Crippen molar-refractivity contribution in [3.05, 3.63) is 108 Å². The van der Waals surface area contributed by atoms with Crippen LogP contribution in [0.25, 0.3) is 16.5 Å². The first kappa shape index (κ1) is 18.9. The molecule has 1 saturated heterocycles. The minimum atomic E-state index is -0.866. The van der Waals surface area contributed by atoms with Crippen LogP contribution in [0.1, 0.15) is 23.1 Å². The van der Waals surface area contributed by atoms with Crippen molar-refractivity contribution in [3.8, 4) is 0 Å². The SMILES string of the molecule is Cc1ccc(C2/C(=C(/O)c3cccc4ccccc34)C(=O)C(=O)N2c2ccccc2)o1. The Morgan fingerprint density at radius 3 is 2.32 bits per heavy atom. The number of nitrogens with zero attached hydrogens (tertiary/aromatic N) is 1. The second kappa shape index (κ2) is 7.29. The lowest BCUT2D eigenvalue weighted by molar-refractivity contribution is -0.132. The van der Waals surface area contributed by atoms with Crippen LogP contribution in [0.5, 0.6) is 0 Å². The summed E-state index contributed by atoms with van der Waals surface area (Å²) in [5.41, 5.74) is 1.07. The molecule has 0 bridgehead atoms. The summed E-state index contributed by atoms with van der Waals surface area (Å²) >= 11 is 0. The number of carbonyl (C=O) groups excluding carboxylic acids is 2. The fourth-order valence-electron chi connectivity index (χ4n) is 4.13. The van der Waals surface area contributed by atoms with Gasteiger partial charge in [0.2, 0.25) is 0 Å². The topological polar surface area (TPSA) is 70.8 Å². The minimum absolute atomic E-state index is 0.0135. The van der Waals surface area contributed by atoms with Crippen molar-refractivity contribution < 1.29 is 19.1 Å². The third-order valence-corrected chi connectivity index (χ3v) is 5.55. The number of aliphatic hydroxyl groups is 1. The zero-order valence-electron chi connectivity index (χ0n) is 16.8. The van der Waals surface area contributed by atoms with E-state index in [2.05, 4.69) is 0 Å². The molecule has 1 aliphatic heterocycles. The highest BCUT2D eigenvalue weighted by Crippen LogP contribution is 2.43. The fraction of sp³-hybridized carbons (Fsp3) is 0.0769. The molecule has 152 valence electrons. The van der Waals surface area contributed by atoms with E-state index in [1.165, 1.54) is 4.90 Å². The summed E-state index contributed by atoms with van der Waals surface area (Å²) < 4.78 is 5.83. The Morgan fingerprint density at radius 2 is 1.58 bits per heavy atom. The van der Waals surface area contributed by atoms with Gasteiger partial charge in [0.15, 0.2) is 0 Å². The number of hydrogen-bond donors (Lipinski definition) is 1. The first-order valence-electron chi connectivity index (χ1n) is 9.97. The van der Waals surface area contributed by atoms with Crippen molar-refractivity contribution in [3.63, 3.8) is 0 Å². The first-order valence-corrected chi connectivity index (χ1v) is 9.97. The number of para-hydroxylation sites is 1. The zero-order valence-corrected chi connectivity index (χ0v) is 16.8. The number of aryl methyl sites for hydroxylation is 1. The highest BCUT2D eigenvalue weighted by Gasteiger charge is 2.48. The molecule has 5 rings (SSSR count). The van der Waals surface area contributed by atoms with Gasteiger partial charge in [-0.15, -0.1) is 0 Å². The molecule has 3 aromatic carbocycles. The Labute approximate surface area is 178 Å². The van der Waals surface area contributed by atoms with Crippen molar-refractivity contribution in [1.29, 1.82) is 0 Å². The largest absolute Gasteiger partial charge is 0.507 e. The van der Waals surface area contributed by atoms with Gasteiger partial charge in [0, 0.05) is 11.3 Å². The summed E-state index contributed by atoms with van der Waals surface area (Å²) in [5, 5.41) is 13.1. The van der Waals surface area contributed by atoms with Gasteiger partial charge < -0.3 is 9.52 Å². The van der Waals surface area contributed by atoms with E-state index in [1.807, 2.05) is 42.5 Å². The molecule has 0 spiro atoms. The Balaban J connectivity index is 1.78. The van der Waals surface area contributed by atoms with Crippen LogP contribution < -0.4 is 4.90 Å². The summed E-state index contributed by atoms with van der Waals surface area (Å²) in [5.74, 6) is -0.589. The number of amides is 1. The first-order chi connectivity index (χ1) is 15.1. The van der Waals surface area contributed by atoms with E-state index in [9.17, 15) is 14.7 Å². The van der Waals surface area contributed by atoms with E-state index >= 15 is 0 Å². The van der Waals surface area contributed by atoms with Gasteiger partial charge >= 0.3 is 0 Å². The van der Waals surface area contributed by atoms with Gasteiger partial charge in [-0.05, 0) is 42.0 Å². The number of ketones is 1. The van der Waals surface area contributed by atoms with Crippen LogP contribution in [0.2, 0.25) is 0 Å². The number of rotatable bonds is 3. The Kier molecular flexibility index (Phi) is 4.44. The molecule has 31 heavy (non-hydrogen) atoms. The summed E-state index contributed by atoms with van der Waals surface area (Å²) in [7, 11) is 0. The number of Topliss-reactive ketones (excluding diaryl/α,β-unsaturated/α-hetero) is 1. The van der Waals surface area contributed by atoms with Crippen LogP contribution in [0, 0.1) is 6.92 Å². The van der Waals surface area contributed by atoms with Crippen molar-refractivity contribution in [1.82, 2.24) is 0 Å². The quantitative estimate of drug-likeness (QED) is 0.281. The molecule has 1 unspecified atom stereocenters. The van der Waals surface area contributed by atoms with Crippen molar-refractivity contribution in [2.75, 3.05) is 4.90 Å². The van der Waals surface area contributed by atoms with Crippen molar-refractivity contribution in [2.45, 2.75) is 13.0 Å². The molecular weight excluding hydrogens is 390 g/mol. The highest BCUT2D eigenvalue weighted by atomic mass is 16.3. The summed E-state index contributed by atoms with van der Waals surface area (Å²) in [6.45, 7) is 1.79. The third-order valence-electron chi connectivity index (χ3n) is 5.55. The smallest absolute Gasteiger partial charge is 0.300 e. The van der Waals surface area contributed by atoms with Crippen LogP contribution >= 0.6 is 0 Å². The second-order valence-electron chi connectivity index (χ2n) is 7.48. The Hall–Kier alpha value is -4.12. The lowest BCUT2D eigenvalue weighted by Gasteiger charge is -2.23. The second-order valence-corrected chi connectivity index (χ2v) is 7.48. The molecule has 1 fully saturated rings. The highest BCUT2D eigenvalue weighted by molar-refractivity contribution is 6.51. The number of furan rings is 1. The molecule has 2 heterocycles. The Morgan fingerprint density at radius 1 is 0.871 bits per heavy atom. The number of fused-ring (bicyclic) bond motifs is 1. The number of anilines is 1. The number of hydrogen-bond acceptors (Lipinski definition) is 4. The zero-order chi connectivity index (χ0) is 21.5. The predicted molar refractivity (Wildman–Crippen MR) is 119 cm³/mol. The number of carbonyl (C=O) groups is 2. The van der Waals surface area contributed by atoms with Gasteiger partial charge in [0.25, 0.3) is 11.7 Å². The van der Waals surface area contributed by atoms with Gasteiger partial charge in [-0.2, -0.15) is 0 Å². The summed E-state index contributed by atoms with van der Waals surface area (Å²) in [4.78, 5) is 27.7. The van der Waals surface area contributed by atoms with Gasteiger partial charge in [-0.1, -0.05) is 60.7 Å². The molecule has 0 aliphatic carbocycles. The molecular formula is C26H19NO4. The molecule has 5 heteroatoms. The van der Waals surface area contributed by atoms with Crippen LogP contribution in [-0.2, 0) is 9.59 Å². The summed E-state index contributed by atoms with van der Waals surface area (Å²) in [6, 6.07) is 24.7. The molecule has 1 atom stereocenters. The van der Waals surface area contributed by atoms with E-state index < -0.39 is 17.7 Å². The lowest BCUT2D eigenvalue weighted by Crippen LogP contribution is -2.29. The maximum absolute atomic E-state index is 13.2. The van der Waals surface area contributed by atoms with Gasteiger partial charge in [0.05, 0.1) is 5.57 Å². The number of aliphatic hydroxyl groups excluding tert-OH is 1. The maximum atomic E-state index is 13.2. The molecule has 0 saturated carbocycles. The van der Waals surface area contributed by atoms with Crippen LogP contribution in [0.3, 0.4) is 0 Å². The monoisotopic (exact) mass is 409 g/mol. The molecule has 5 nitrogen and oxygen atoms in total. The minimum Gasteiger partial charge on any atom is -0.507 e. The average molecular weight is 409 g/mol. The average Bonchev–Trinajstić information content (AvgIpc) is 3.34. The van der Waals surface area contributed by atoms with E-state index in [0.717, 1.165) is 10.8 Å². The third kappa shape index (κ3) is 3.02. The Bertz CT molecular complexity index is 1340. The van der Waals surface area contributed by atoms with E-state index in [-0.39, 0.29) is 11.3 Å². The molecule has 1 N–H and O–H groups in total. The van der Waals surface area contributed by atoms with Crippen LogP contribution in [0.15, 0.2) is 94.9 Å². The van der Waals surface area contributed by atoms with Gasteiger partial charge in [-0.3, -0.25) is 14.5 Å². The molecule has 0 radical (unpaired) electrons. The molecule has 1 aliphatic rings. The van der Waals surface area contributed by atoms with Crippen LogP contribution in [0.4, 0.5) is 5.69 Å². The van der Waals surface area contributed by atoms with Crippen molar-refractivity contribution in [2.24, 2.45) is 0 Å². The standard InChI is InChI=1S/C26H19NO4/c1-16-14-15-21(31-16)23-22(25(29)26(30)27(23)18-10-3-2-4-11-18)24(28)20-13-7-9-17-8-5-6-12-19(17)20/h2-15,23,28H,1H3/b24-22-. The maximum Gasteiger partial charge on any atom is 0.300 e. The van der Waals surface area contributed by atoms with E-state index in [4.69, 9.17) is 4.42 Å². The number of benzene rings is 3. The lowest BCUT2D eigenvalue weighted by atomic mass is 9.96. The van der Waals surface area contributed by atoms with Crippen LogP contribution in [-0.4, -0.2) is 16.8 Å². The molecule has 4 aromatic rings. The van der Waals surface area contributed by atoms with E-state index in [0.29, 0.717) is 22.8 Å².